The van der Waals surface area contributed by atoms with Crippen LogP contribution in [0.4, 0.5) is 5.82 Å². The second-order valence-corrected chi connectivity index (χ2v) is 12.7. The number of carboxylic acid groups (broad SMARTS) is 1. The van der Waals surface area contributed by atoms with Gasteiger partial charge < -0.3 is 14.7 Å². The average molecular weight is 601 g/mol. The van der Waals surface area contributed by atoms with Crippen LogP contribution in [-0.4, -0.2) is 67.4 Å². The summed E-state index contributed by atoms with van der Waals surface area (Å²) in [4.78, 5) is 46.9. The van der Waals surface area contributed by atoms with Gasteiger partial charge in [-0.3, -0.25) is 23.7 Å². The van der Waals surface area contributed by atoms with E-state index >= 15 is 0 Å². The van der Waals surface area contributed by atoms with Crippen LogP contribution >= 0.6 is 24.0 Å². The van der Waals surface area contributed by atoms with E-state index in [-0.39, 0.29) is 30.1 Å². The number of carbonyl (C=O) groups is 2. The highest BCUT2D eigenvalue weighted by atomic mass is 32.2. The molecule has 0 spiro atoms. The van der Waals surface area contributed by atoms with E-state index in [2.05, 4.69) is 4.90 Å². The lowest BCUT2D eigenvalue weighted by atomic mass is 10.1. The van der Waals surface area contributed by atoms with Crippen molar-refractivity contribution < 1.29 is 19.4 Å². The molecule has 2 unspecified atom stereocenters. The minimum absolute atomic E-state index is 0.0149. The van der Waals surface area contributed by atoms with Crippen molar-refractivity contribution >= 4 is 57.7 Å². The number of anilines is 1. The molecule has 4 rings (SSSR count). The van der Waals surface area contributed by atoms with E-state index < -0.39 is 5.97 Å². The van der Waals surface area contributed by atoms with Crippen LogP contribution in [0.2, 0.25) is 0 Å². The first-order valence-electron chi connectivity index (χ1n) is 14.5. The van der Waals surface area contributed by atoms with Gasteiger partial charge in [-0.05, 0) is 51.3 Å². The number of aliphatic carboxylic acids is 1. The maximum Gasteiger partial charge on any atom is 0.303 e. The van der Waals surface area contributed by atoms with Crippen molar-refractivity contribution in [1.82, 2.24) is 14.3 Å². The Balaban J connectivity index is 1.44. The Morgan fingerprint density at radius 1 is 1.10 bits per heavy atom. The highest BCUT2D eigenvalue weighted by Crippen LogP contribution is 2.34. The van der Waals surface area contributed by atoms with Crippen molar-refractivity contribution in [2.24, 2.45) is 0 Å². The summed E-state index contributed by atoms with van der Waals surface area (Å²) in [5, 5.41) is 8.71. The topological polar surface area (TPSA) is 104 Å². The van der Waals surface area contributed by atoms with Crippen molar-refractivity contribution in [3.05, 3.63) is 44.7 Å². The molecule has 11 heteroatoms. The Hall–Kier alpha value is -2.76. The summed E-state index contributed by atoms with van der Waals surface area (Å²) in [5.41, 5.74) is 1.67. The lowest BCUT2D eigenvalue weighted by Crippen LogP contribution is -2.46. The van der Waals surface area contributed by atoms with Gasteiger partial charge in [0.25, 0.3) is 11.5 Å². The number of thiocarbonyl (C=S) groups is 1. The molecule has 2 saturated heterocycles. The summed E-state index contributed by atoms with van der Waals surface area (Å²) >= 11 is 6.80. The molecule has 0 aliphatic carbocycles. The second kappa shape index (κ2) is 14.4. The molecule has 9 nitrogen and oxygen atoms in total. The van der Waals surface area contributed by atoms with E-state index in [1.165, 1.54) is 11.8 Å². The molecule has 1 N–H and O–H groups in total. The molecule has 2 fully saturated rings. The molecule has 2 aromatic heterocycles. The van der Waals surface area contributed by atoms with Crippen molar-refractivity contribution in [2.45, 2.75) is 90.8 Å². The molecule has 4 heterocycles. The number of unbranched alkanes of at least 4 members (excludes halogenated alkanes) is 7. The predicted molar refractivity (Wildman–Crippen MR) is 167 cm³/mol. The van der Waals surface area contributed by atoms with Gasteiger partial charge >= 0.3 is 5.97 Å². The predicted octanol–water partition coefficient (Wildman–Crippen LogP) is 5.41. The summed E-state index contributed by atoms with van der Waals surface area (Å²) in [6, 6.07) is 3.76. The van der Waals surface area contributed by atoms with E-state index in [4.69, 9.17) is 27.0 Å². The van der Waals surface area contributed by atoms with Crippen LogP contribution in [0.5, 0.6) is 0 Å². The number of thioether (sulfide) groups is 1. The molecule has 2 atom stereocenters. The zero-order chi connectivity index (χ0) is 29.5. The number of aryl methyl sites for hydroxylation is 1. The quantitative estimate of drug-likeness (QED) is 0.184. The Morgan fingerprint density at radius 2 is 1.73 bits per heavy atom. The van der Waals surface area contributed by atoms with Crippen LogP contribution in [0.1, 0.15) is 82.8 Å². The minimum Gasteiger partial charge on any atom is -0.481 e. The fraction of sp³-hybridized carbons (Fsp3) is 0.567. The molecule has 0 aromatic carbocycles. The number of rotatable bonds is 13. The average Bonchev–Trinajstić information content (AvgIpc) is 3.18. The normalized spacial score (nSPS) is 20.5. The van der Waals surface area contributed by atoms with Gasteiger partial charge in [0, 0.05) is 32.3 Å². The number of pyridine rings is 1. The number of hydrogen-bond acceptors (Lipinski definition) is 8. The van der Waals surface area contributed by atoms with Gasteiger partial charge in [-0.25, -0.2) is 4.98 Å². The number of morpholine rings is 1. The van der Waals surface area contributed by atoms with Crippen molar-refractivity contribution in [2.75, 3.05) is 24.5 Å². The fourth-order valence-corrected chi connectivity index (χ4v) is 6.74. The second-order valence-electron chi connectivity index (χ2n) is 11.0. The number of hydrogen-bond donors (Lipinski definition) is 1. The zero-order valence-corrected chi connectivity index (χ0v) is 25.8. The van der Waals surface area contributed by atoms with Crippen molar-refractivity contribution in [3.63, 3.8) is 0 Å². The van der Waals surface area contributed by atoms with Gasteiger partial charge in [0.1, 0.15) is 15.8 Å². The summed E-state index contributed by atoms with van der Waals surface area (Å²) < 4.78 is 7.98. The highest BCUT2D eigenvalue weighted by molar-refractivity contribution is 8.26. The summed E-state index contributed by atoms with van der Waals surface area (Å²) in [6.45, 7) is 7.71. The largest absolute Gasteiger partial charge is 0.481 e. The molecular weight excluding hydrogens is 560 g/mol. The van der Waals surface area contributed by atoms with Gasteiger partial charge in [0.15, 0.2) is 0 Å². The number of fused-ring (bicyclic) bond motifs is 1. The Labute approximate surface area is 251 Å². The number of amides is 1. The van der Waals surface area contributed by atoms with Crippen LogP contribution in [0, 0.1) is 6.92 Å². The molecule has 2 aliphatic heterocycles. The molecule has 0 bridgehead atoms. The zero-order valence-electron chi connectivity index (χ0n) is 24.1. The van der Waals surface area contributed by atoms with E-state index in [9.17, 15) is 14.4 Å². The smallest absolute Gasteiger partial charge is 0.303 e. The van der Waals surface area contributed by atoms with E-state index in [1.807, 2.05) is 32.9 Å². The van der Waals surface area contributed by atoms with Gasteiger partial charge in [0.05, 0.1) is 22.7 Å². The monoisotopic (exact) mass is 600 g/mol. The third-order valence-electron chi connectivity index (χ3n) is 7.45. The Bertz CT molecular complexity index is 1360. The van der Waals surface area contributed by atoms with Crippen molar-refractivity contribution in [3.8, 4) is 0 Å². The number of nitrogens with zero attached hydrogens (tertiary/aromatic N) is 4. The SMILES string of the molecule is Cc1cccn2c(=O)c(/C=C3/SC(=S)N(CCCCCCCCCCC(=O)O)C3=O)c(N3CC(C)OC(C)C3)nc12. The standard InChI is InChI=1S/C30H40N4O5S2/c1-20-13-12-16-33-26(20)31-27(32-18-21(2)39-22(3)19-32)23(28(33)37)17-24-29(38)34(30(40)41-24)15-11-9-7-5-4-6-8-10-14-25(35)36/h12-13,16-17,21-22H,4-11,14-15,18-19H2,1-3H3,(H,35,36)/b24-17+. The summed E-state index contributed by atoms with van der Waals surface area (Å²) in [7, 11) is 0. The van der Waals surface area contributed by atoms with Gasteiger partial charge in [0.2, 0.25) is 0 Å². The maximum absolute atomic E-state index is 13.8. The minimum atomic E-state index is -0.728. The van der Waals surface area contributed by atoms with Crippen molar-refractivity contribution in [1.29, 1.82) is 0 Å². The van der Waals surface area contributed by atoms with Crippen LogP contribution in [0.3, 0.4) is 0 Å². The molecule has 2 aliphatic rings. The number of carbonyl (C=O) groups excluding carboxylic acids is 1. The molecular formula is C30H40N4O5S2. The maximum atomic E-state index is 13.8. The molecule has 41 heavy (non-hydrogen) atoms. The number of ether oxygens (including phenoxy) is 1. The third-order valence-corrected chi connectivity index (χ3v) is 8.83. The third kappa shape index (κ3) is 7.96. The summed E-state index contributed by atoms with van der Waals surface area (Å²) in [5.74, 6) is -0.324. The first-order chi connectivity index (χ1) is 19.7. The Kier molecular flexibility index (Phi) is 11.0. The van der Waals surface area contributed by atoms with E-state index in [1.54, 1.807) is 21.6 Å². The van der Waals surface area contributed by atoms with Gasteiger partial charge in [-0.15, -0.1) is 0 Å². The van der Waals surface area contributed by atoms with E-state index in [0.717, 1.165) is 56.9 Å². The highest BCUT2D eigenvalue weighted by Gasteiger charge is 2.33. The van der Waals surface area contributed by atoms with E-state index in [0.29, 0.717) is 45.9 Å². The van der Waals surface area contributed by atoms with Crippen LogP contribution in [0.15, 0.2) is 28.0 Å². The van der Waals surface area contributed by atoms with Gasteiger partial charge in [-0.1, -0.05) is 68.6 Å². The molecule has 0 saturated carbocycles. The lowest BCUT2D eigenvalue weighted by Gasteiger charge is -2.36. The molecule has 0 radical (unpaired) electrons. The Morgan fingerprint density at radius 3 is 2.39 bits per heavy atom. The first kappa shape index (κ1) is 31.2. The molecule has 2 aromatic rings. The summed E-state index contributed by atoms with van der Waals surface area (Å²) in [6.07, 6.45) is 11.5. The number of aromatic nitrogens is 2. The first-order valence-corrected chi connectivity index (χ1v) is 15.8. The number of carboxylic acids is 1. The fourth-order valence-electron chi connectivity index (χ4n) is 5.45. The van der Waals surface area contributed by atoms with Crippen LogP contribution < -0.4 is 10.5 Å². The molecule has 1 amide bonds. The lowest BCUT2D eigenvalue weighted by molar-refractivity contribution is -0.137. The molecule has 222 valence electrons. The van der Waals surface area contributed by atoms with Gasteiger partial charge in [-0.2, -0.15) is 0 Å². The van der Waals surface area contributed by atoms with Crippen LogP contribution in [-0.2, 0) is 14.3 Å². The van der Waals surface area contributed by atoms with Crippen LogP contribution in [0.25, 0.3) is 11.7 Å².